The van der Waals surface area contributed by atoms with Gasteiger partial charge in [0, 0.05) is 16.1 Å². The van der Waals surface area contributed by atoms with Crippen LogP contribution in [0.2, 0.25) is 10.0 Å². The molecule has 21 heavy (non-hydrogen) atoms. The van der Waals surface area contributed by atoms with Gasteiger partial charge in [-0.25, -0.2) is 9.78 Å². The van der Waals surface area contributed by atoms with E-state index in [1.165, 1.54) is 13.2 Å². The van der Waals surface area contributed by atoms with Crippen molar-refractivity contribution in [3.63, 3.8) is 0 Å². The van der Waals surface area contributed by atoms with Crippen LogP contribution in [0.3, 0.4) is 0 Å². The van der Waals surface area contributed by atoms with Gasteiger partial charge in [0.1, 0.15) is 5.82 Å². The highest BCUT2D eigenvalue weighted by Gasteiger charge is 2.08. The first kappa shape index (κ1) is 15.6. The summed E-state index contributed by atoms with van der Waals surface area (Å²) >= 11 is 12.1. The number of methoxy groups -OCH3 is 1. The van der Waals surface area contributed by atoms with Gasteiger partial charge in [-0.05, 0) is 30.7 Å². The van der Waals surface area contributed by atoms with Gasteiger partial charge in [0.25, 0.3) is 0 Å². The maximum atomic E-state index is 11.2. The number of imidazole rings is 1. The SMILES string of the molecule is COC(=O)C=Cc1cnc(C)n1Cc1ccc(Cl)cc1Cl. The molecular weight excluding hydrogens is 311 g/mol. The molecule has 0 fully saturated rings. The maximum absolute atomic E-state index is 11.2. The average Bonchev–Trinajstić information content (AvgIpc) is 2.80. The normalized spacial score (nSPS) is 11.0. The number of halogens is 2. The van der Waals surface area contributed by atoms with Crippen LogP contribution in [0, 0.1) is 6.92 Å². The van der Waals surface area contributed by atoms with Crippen molar-refractivity contribution in [2.24, 2.45) is 0 Å². The number of hydrogen-bond donors (Lipinski definition) is 0. The van der Waals surface area contributed by atoms with Gasteiger partial charge in [-0.15, -0.1) is 0 Å². The topological polar surface area (TPSA) is 44.1 Å². The van der Waals surface area contributed by atoms with E-state index in [9.17, 15) is 4.79 Å². The van der Waals surface area contributed by atoms with Crippen LogP contribution in [0.25, 0.3) is 6.08 Å². The summed E-state index contributed by atoms with van der Waals surface area (Å²) in [6.07, 6.45) is 4.71. The predicted octanol–water partition coefficient (Wildman–Crippen LogP) is 3.73. The van der Waals surface area contributed by atoms with Crippen molar-refractivity contribution in [1.29, 1.82) is 0 Å². The van der Waals surface area contributed by atoms with Crippen molar-refractivity contribution >= 4 is 35.2 Å². The van der Waals surface area contributed by atoms with Gasteiger partial charge >= 0.3 is 5.97 Å². The molecule has 1 aromatic heterocycles. The smallest absolute Gasteiger partial charge is 0.330 e. The highest BCUT2D eigenvalue weighted by atomic mass is 35.5. The van der Waals surface area contributed by atoms with Gasteiger partial charge < -0.3 is 9.30 Å². The summed E-state index contributed by atoms with van der Waals surface area (Å²) in [6.45, 7) is 2.43. The number of aryl methyl sites for hydroxylation is 1. The minimum absolute atomic E-state index is 0.412. The lowest BCUT2D eigenvalue weighted by molar-refractivity contribution is -0.134. The van der Waals surface area contributed by atoms with E-state index in [0.29, 0.717) is 16.6 Å². The van der Waals surface area contributed by atoms with Crippen molar-refractivity contribution < 1.29 is 9.53 Å². The van der Waals surface area contributed by atoms with E-state index in [0.717, 1.165) is 17.1 Å². The molecule has 0 aliphatic carbocycles. The Kier molecular flexibility index (Phi) is 5.04. The lowest BCUT2D eigenvalue weighted by Crippen LogP contribution is -2.05. The van der Waals surface area contributed by atoms with Gasteiger partial charge in [0.05, 0.1) is 25.5 Å². The molecule has 2 rings (SSSR count). The number of aromatic nitrogens is 2. The molecule has 0 atom stereocenters. The Labute approximate surface area is 133 Å². The van der Waals surface area contributed by atoms with Crippen molar-refractivity contribution in [3.8, 4) is 0 Å². The zero-order valence-corrected chi connectivity index (χ0v) is 13.1. The number of nitrogens with zero attached hydrogens (tertiary/aromatic N) is 2. The van der Waals surface area contributed by atoms with Crippen molar-refractivity contribution in [1.82, 2.24) is 9.55 Å². The minimum Gasteiger partial charge on any atom is -0.466 e. The third-order valence-corrected chi connectivity index (χ3v) is 3.61. The van der Waals surface area contributed by atoms with Gasteiger partial charge in [-0.1, -0.05) is 29.3 Å². The molecule has 0 bridgehead atoms. The van der Waals surface area contributed by atoms with Crippen LogP contribution in [0.1, 0.15) is 17.1 Å². The van der Waals surface area contributed by atoms with Crippen LogP contribution < -0.4 is 0 Å². The van der Waals surface area contributed by atoms with E-state index in [4.69, 9.17) is 23.2 Å². The second kappa shape index (κ2) is 6.78. The van der Waals surface area contributed by atoms with Crippen LogP contribution in [0.15, 0.2) is 30.5 Å². The molecule has 0 radical (unpaired) electrons. The number of carbonyl (C=O) groups is 1. The molecule has 6 heteroatoms. The molecule has 0 amide bonds. The van der Waals surface area contributed by atoms with Crippen LogP contribution in [0.4, 0.5) is 0 Å². The number of hydrogen-bond acceptors (Lipinski definition) is 3. The highest BCUT2D eigenvalue weighted by molar-refractivity contribution is 6.35. The van der Waals surface area contributed by atoms with Crippen LogP contribution in [0.5, 0.6) is 0 Å². The first-order valence-electron chi connectivity index (χ1n) is 6.23. The second-order valence-corrected chi connectivity index (χ2v) is 5.25. The first-order chi connectivity index (χ1) is 10.0. The molecule has 1 heterocycles. The van der Waals surface area contributed by atoms with Gasteiger partial charge in [0.15, 0.2) is 0 Å². The lowest BCUT2D eigenvalue weighted by Gasteiger charge is -2.10. The zero-order valence-electron chi connectivity index (χ0n) is 11.6. The average molecular weight is 325 g/mol. The summed E-state index contributed by atoms with van der Waals surface area (Å²) in [6, 6.07) is 5.37. The van der Waals surface area contributed by atoms with Gasteiger partial charge in [-0.2, -0.15) is 0 Å². The standard InChI is InChI=1S/C15H14Cl2N2O2/c1-10-18-8-13(5-6-15(20)21-2)19(10)9-11-3-4-12(16)7-14(11)17/h3-8H,9H2,1-2H3. The van der Waals surface area contributed by atoms with Crippen molar-refractivity contribution in [2.75, 3.05) is 7.11 Å². The predicted molar refractivity (Wildman–Crippen MR) is 83.6 cm³/mol. The molecule has 0 saturated carbocycles. The molecule has 2 aromatic rings. The Bertz CT molecular complexity index is 693. The van der Waals surface area contributed by atoms with E-state index < -0.39 is 5.97 Å². The number of ether oxygens (including phenoxy) is 1. The molecule has 4 nitrogen and oxygen atoms in total. The van der Waals surface area contributed by atoms with Gasteiger partial charge in [0.2, 0.25) is 0 Å². The molecule has 0 spiro atoms. The molecule has 0 unspecified atom stereocenters. The quantitative estimate of drug-likeness (QED) is 0.635. The lowest BCUT2D eigenvalue weighted by atomic mass is 10.2. The van der Waals surface area contributed by atoms with Crippen molar-refractivity contribution in [2.45, 2.75) is 13.5 Å². The third-order valence-electron chi connectivity index (χ3n) is 3.02. The van der Waals surface area contributed by atoms with Gasteiger partial charge in [-0.3, -0.25) is 0 Å². The molecule has 0 N–H and O–H groups in total. The fourth-order valence-corrected chi connectivity index (χ4v) is 2.33. The molecule has 0 aliphatic heterocycles. The number of esters is 1. The zero-order chi connectivity index (χ0) is 15.4. The summed E-state index contributed by atoms with van der Waals surface area (Å²) in [4.78, 5) is 15.4. The molecule has 0 saturated heterocycles. The van der Waals surface area contributed by atoms with Crippen molar-refractivity contribution in [3.05, 3.63) is 57.6 Å². The number of carbonyl (C=O) groups excluding carboxylic acids is 1. The van der Waals surface area contributed by atoms with Crippen LogP contribution >= 0.6 is 23.2 Å². The Morgan fingerprint density at radius 1 is 1.43 bits per heavy atom. The monoisotopic (exact) mass is 324 g/mol. The molecule has 0 aliphatic rings. The Hall–Kier alpha value is -1.78. The fourth-order valence-electron chi connectivity index (χ4n) is 1.87. The van der Waals surface area contributed by atoms with Crippen LogP contribution in [-0.2, 0) is 16.1 Å². The molecule has 1 aromatic carbocycles. The summed E-state index contributed by atoms with van der Waals surface area (Å²) in [5.74, 6) is 0.412. The fraction of sp³-hybridized carbons (Fsp3) is 0.200. The molecular formula is C15H14Cl2N2O2. The van der Waals surface area contributed by atoms with E-state index in [2.05, 4.69) is 9.72 Å². The van der Waals surface area contributed by atoms with E-state index in [1.54, 1.807) is 24.4 Å². The largest absolute Gasteiger partial charge is 0.466 e. The highest BCUT2D eigenvalue weighted by Crippen LogP contribution is 2.23. The van der Waals surface area contributed by atoms with E-state index in [-0.39, 0.29) is 0 Å². The maximum Gasteiger partial charge on any atom is 0.330 e. The minimum atomic E-state index is -0.412. The third kappa shape index (κ3) is 3.86. The molecule has 110 valence electrons. The van der Waals surface area contributed by atoms with E-state index >= 15 is 0 Å². The van der Waals surface area contributed by atoms with E-state index in [1.807, 2.05) is 17.6 Å². The first-order valence-corrected chi connectivity index (χ1v) is 6.99. The number of benzene rings is 1. The number of rotatable bonds is 4. The van der Waals surface area contributed by atoms with Crippen LogP contribution in [-0.4, -0.2) is 22.6 Å². The second-order valence-electron chi connectivity index (χ2n) is 4.41. The summed E-state index contributed by atoms with van der Waals surface area (Å²) in [5.41, 5.74) is 1.72. The summed E-state index contributed by atoms with van der Waals surface area (Å²) in [5, 5.41) is 1.19. The Balaban J connectivity index is 2.29. The Morgan fingerprint density at radius 2 is 2.19 bits per heavy atom. The summed E-state index contributed by atoms with van der Waals surface area (Å²) < 4.78 is 6.53. The summed E-state index contributed by atoms with van der Waals surface area (Å²) in [7, 11) is 1.34. The Morgan fingerprint density at radius 3 is 2.86 bits per heavy atom.